The van der Waals surface area contributed by atoms with Gasteiger partial charge in [-0.1, -0.05) is 6.07 Å². The molecule has 1 aromatic carbocycles. The second kappa shape index (κ2) is 2.85. The molecule has 68 valence electrons. The minimum atomic E-state index is -0.871. The molecule has 13 heavy (non-hydrogen) atoms. The van der Waals surface area contributed by atoms with Gasteiger partial charge in [0.25, 0.3) is 0 Å². The number of amides is 1. The number of benzene rings is 1. The average molecular weight is 181 g/mol. The Hall–Kier alpha value is -1.91. The quantitative estimate of drug-likeness (QED) is 0.697. The molecule has 2 N–H and O–H groups in total. The van der Waals surface area contributed by atoms with Crippen LogP contribution in [0.2, 0.25) is 0 Å². The molecule has 5 nitrogen and oxygen atoms in total. The molecule has 0 aliphatic carbocycles. The molecule has 0 saturated heterocycles. The molecule has 2 rings (SSSR count). The average Bonchev–Trinajstić information content (AvgIpc) is 2.51. The predicted octanol–water partition coefficient (Wildman–Crippen LogP) is 0.873. The van der Waals surface area contributed by atoms with E-state index in [0.29, 0.717) is 11.5 Å². The lowest BCUT2D eigenvalue weighted by molar-refractivity contribution is 0.169. The van der Waals surface area contributed by atoms with Crippen LogP contribution in [0.3, 0.4) is 0 Å². The van der Waals surface area contributed by atoms with Crippen molar-refractivity contribution in [2.75, 3.05) is 6.79 Å². The summed E-state index contributed by atoms with van der Waals surface area (Å²) in [5.41, 5.74) is 4.86. The first-order valence-electron chi connectivity index (χ1n) is 3.63. The predicted molar refractivity (Wildman–Crippen MR) is 42.8 cm³/mol. The highest BCUT2D eigenvalue weighted by Gasteiger charge is 2.19. The van der Waals surface area contributed by atoms with Gasteiger partial charge >= 0.3 is 6.09 Å². The number of nitrogens with two attached hydrogens (primary N) is 1. The lowest BCUT2D eigenvalue weighted by Gasteiger charge is -2.03. The Morgan fingerprint density at radius 2 is 2.31 bits per heavy atom. The Balaban J connectivity index is 2.36. The monoisotopic (exact) mass is 181 g/mol. The van der Waals surface area contributed by atoms with Gasteiger partial charge in [-0.2, -0.15) is 0 Å². The summed E-state index contributed by atoms with van der Waals surface area (Å²) in [6.07, 6.45) is -0.871. The van der Waals surface area contributed by atoms with E-state index in [2.05, 4.69) is 0 Å². The normalized spacial score (nSPS) is 12.6. The van der Waals surface area contributed by atoms with Crippen molar-refractivity contribution in [3.63, 3.8) is 0 Å². The summed E-state index contributed by atoms with van der Waals surface area (Å²) in [4.78, 5) is 10.5. The van der Waals surface area contributed by atoms with Gasteiger partial charge in [-0.3, -0.25) is 0 Å². The number of rotatable bonds is 1. The first kappa shape index (κ1) is 7.72. The Kier molecular flexibility index (Phi) is 1.70. The van der Waals surface area contributed by atoms with Gasteiger partial charge in [0.15, 0.2) is 11.5 Å². The van der Waals surface area contributed by atoms with Crippen LogP contribution in [0.25, 0.3) is 0 Å². The van der Waals surface area contributed by atoms with Crippen molar-refractivity contribution >= 4 is 6.09 Å². The largest absolute Gasteiger partial charge is 0.453 e. The standard InChI is InChI=1S/C8H7NO4/c9-8(10)13-6-3-1-2-5-7(6)12-4-11-5/h1-3H,4H2,(H2,9,10). The summed E-state index contributed by atoms with van der Waals surface area (Å²) >= 11 is 0. The number of ether oxygens (including phenoxy) is 3. The molecular formula is C8H7NO4. The van der Waals surface area contributed by atoms with E-state index in [9.17, 15) is 4.79 Å². The molecule has 0 saturated carbocycles. The SMILES string of the molecule is NC(=O)Oc1cccc2c1OCO2. The van der Waals surface area contributed by atoms with Gasteiger partial charge in [-0.25, -0.2) is 4.79 Å². The number of hydrogen-bond donors (Lipinski definition) is 1. The van der Waals surface area contributed by atoms with E-state index >= 15 is 0 Å². The zero-order valence-electron chi connectivity index (χ0n) is 6.65. The van der Waals surface area contributed by atoms with Crippen LogP contribution >= 0.6 is 0 Å². The van der Waals surface area contributed by atoms with Crippen LogP contribution in [0.5, 0.6) is 17.2 Å². The Morgan fingerprint density at radius 3 is 3.08 bits per heavy atom. The van der Waals surface area contributed by atoms with Crippen molar-refractivity contribution in [1.82, 2.24) is 0 Å². The molecule has 0 spiro atoms. The van der Waals surface area contributed by atoms with Crippen LogP contribution in [0.15, 0.2) is 18.2 Å². The van der Waals surface area contributed by atoms with Crippen molar-refractivity contribution in [2.45, 2.75) is 0 Å². The Bertz CT molecular complexity index is 350. The summed E-state index contributed by atoms with van der Waals surface area (Å²) in [6.45, 7) is 0.133. The molecule has 1 aromatic rings. The van der Waals surface area contributed by atoms with Crippen LogP contribution in [0, 0.1) is 0 Å². The van der Waals surface area contributed by atoms with Gasteiger partial charge in [0.05, 0.1) is 0 Å². The zero-order valence-corrected chi connectivity index (χ0v) is 6.65. The van der Waals surface area contributed by atoms with Crippen LogP contribution in [0.4, 0.5) is 4.79 Å². The van der Waals surface area contributed by atoms with E-state index in [1.54, 1.807) is 18.2 Å². The van der Waals surface area contributed by atoms with Crippen LogP contribution < -0.4 is 19.9 Å². The maximum atomic E-state index is 10.5. The van der Waals surface area contributed by atoms with E-state index in [0.717, 1.165) is 0 Å². The minimum absolute atomic E-state index is 0.133. The van der Waals surface area contributed by atoms with Crippen molar-refractivity contribution in [1.29, 1.82) is 0 Å². The summed E-state index contributed by atoms with van der Waals surface area (Å²) in [5.74, 6) is 1.25. The number of primary amides is 1. The van der Waals surface area contributed by atoms with E-state index < -0.39 is 6.09 Å². The summed E-state index contributed by atoms with van der Waals surface area (Å²) in [6, 6.07) is 4.99. The first-order chi connectivity index (χ1) is 6.27. The highest BCUT2D eigenvalue weighted by atomic mass is 16.7. The number of carbonyl (C=O) groups is 1. The molecule has 0 aromatic heterocycles. The smallest absolute Gasteiger partial charge is 0.410 e. The second-order valence-electron chi connectivity index (χ2n) is 2.41. The van der Waals surface area contributed by atoms with E-state index in [1.807, 2.05) is 0 Å². The molecular weight excluding hydrogens is 174 g/mol. The third kappa shape index (κ3) is 1.35. The van der Waals surface area contributed by atoms with E-state index in [4.69, 9.17) is 19.9 Å². The molecule has 0 fully saturated rings. The third-order valence-electron chi connectivity index (χ3n) is 1.57. The van der Waals surface area contributed by atoms with Gasteiger partial charge in [0, 0.05) is 0 Å². The second-order valence-corrected chi connectivity index (χ2v) is 2.41. The highest BCUT2D eigenvalue weighted by molar-refractivity contribution is 5.70. The first-order valence-corrected chi connectivity index (χ1v) is 3.63. The molecule has 1 amide bonds. The molecule has 0 radical (unpaired) electrons. The lowest BCUT2D eigenvalue weighted by Crippen LogP contribution is -2.16. The highest BCUT2D eigenvalue weighted by Crippen LogP contribution is 2.40. The third-order valence-corrected chi connectivity index (χ3v) is 1.57. The molecule has 0 atom stereocenters. The van der Waals surface area contributed by atoms with Crippen LogP contribution in [-0.2, 0) is 0 Å². The van der Waals surface area contributed by atoms with Gasteiger partial charge in [0.2, 0.25) is 12.5 Å². The fraction of sp³-hybridized carbons (Fsp3) is 0.125. The zero-order chi connectivity index (χ0) is 9.26. The molecule has 1 aliphatic heterocycles. The maximum absolute atomic E-state index is 10.5. The summed E-state index contributed by atoms with van der Waals surface area (Å²) in [5, 5.41) is 0. The lowest BCUT2D eigenvalue weighted by atomic mass is 10.3. The Morgan fingerprint density at radius 1 is 1.46 bits per heavy atom. The van der Waals surface area contributed by atoms with Gasteiger partial charge in [-0.05, 0) is 12.1 Å². The number of carbonyl (C=O) groups excluding carboxylic acids is 1. The van der Waals surface area contributed by atoms with Crippen molar-refractivity contribution < 1.29 is 19.0 Å². The molecule has 0 bridgehead atoms. The minimum Gasteiger partial charge on any atom is -0.453 e. The maximum Gasteiger partial charge on any atom is 0.410 e. The molecule has 0 unspecified atom stereocenters. The van der Waals surface area contributed by atoms with Crippen LogP contribution in [-0.4, -0.2) is 12.9 Å². The number of para-hydroxylation sites is 1. The summed E-state index contributed by atoms with van der Waals surface area (Å²) in [7, 11) is 0. The fourth-order valence-corrected chi connectivity index (χ4v) is 1.09. The topological polar surface area (TPSA) is 70.8 Å². The van der Waals surface area contributed by atoms with Gasteiger partial charge in [0.1, 0.15) is 0 Å². The van der Waals surface area contributed by atoms with E-state index in [1.165, 1.54) is 0 Å². The van der Waals surface area contributed by atoms with Crippen molar-refractivity contribution in [3.8, 4) is 17.2 Å². The van der Waals surface area contributed by atoms with Gasteiger partial charge < -0.3 is 19.9 Å². The fourth-order valence-electron chi connectivity index (χ4n) is 1.09. The number of hydrogen-bond acceptors (Lipinski definition) is 4. The van der Waals surface area contributed by atoms with Crippen LogP contribution in [0.1, 0.15) is 0 Å². The Labute approximate surface area is 74.0 Å². The number of fused-ring (bicyclic) bond motifs is 1. The molecule has 1 aliphatic rings. The summed E-state index contributed by atoms with van der Waals surface area (Å²) < 4.78 is 14.8. The van der Waals surface area contributed by atoms with Crippen molar-refractivity contribution in [3.05, 3.63) is 18.2 Å². The van der Waals surface area contributed by atoms with E-state index in [-0.39, 0.29) is 12.5 Å². The molecule has 1 heterocycles. The molecule has 5 heteroatoms. The van der Waals surface area contributed by atoms with Crippen molar-refractivity contribution in [2.24, 2.45) is 5.73 Å². The van der Waals surface area contributed by atoms with Gasteiger partial charge in [-0.15, -0.1) is 0 Å².